The highest BCUT2D eigenvalue weighted by Crippen LogP contribution is 2.25. The Morgan fingerprint density at radius 1 is 1.44 bits per heavy atom. The lowest BCUT2D eigenvalue weighted by molar-refractivity contribution is 0.185. The predicted octanol–water partition coefficient (Wildman–Crippen LogP) is 1.28. The molecule has 0 spiro atoms. The summed E-state index contributed by atoms with van der Waals surface area (Å²) in [4.78, 5) is 0. The second-order valence-corrected chi connectivity index (χ2v) is 2.46. The average Bonchev–Trinajstić information content (AvgIpc) is 2.09. The van der Waals surface area contributed by atoms with Crippen LogP contribution in [-0.2, 0) is 6.42 Å². The molecule has 0 fully saturated rings. The summed E-state index contributed by atoms with van der Waals surface area (Å²) in [5.41, 5.74) is 2.31. The zero-order valence-electron chi connectivity index (χ0n) is 5.04. The number of hydrogen-bond acceptors (Lipinski definition) is 1. The monoisotopic (exact) mass is 120 g/mol. The number of hydrogen-bond donors (Lipinski definition) is 1. The van der Waals surface area contributed by atoms with Crippen molar-refractivity contribution in [3.05, 3.63) is 35.4 Å². The molecule has 0 heterocycles. The SMILES string of the molecule is O[C@H]1Cc2cccc1c2. The quantitative estimate of drug-likeness (QED) is 0.546. The molecule has 2 rings (SSSR count). The molecule has 0 saturated carbocycles. The van der Waals surface area contributed by atoms with Gasteiger partial charge in [0.2, 0.25) is 0 Å². The smallest absolute Gasteiger partial charge is 0.0830 e. The maximum absolute atomic E-state index is 9.24. The third-order valence-electron chi connectivity index (χ3n) is 1.76. The van der Waals surface area contributed by atoms with Crippen molar-refractivity contribution in [2.45, 2.75) is 12.5 Å². The molecule has 0 radical (unpaired) electrons. The Balaban J connectivity index is 2.56. The molecule has 0 unspecified atom stereocenters. The predicted molar refractivity (Wildman–Crippen MR) is 35.1 cm³/mol. The summed E-state index contributed by atoms with van der Waals surface area (Å²) in [6, 6.07) is 8.03. The second kappa shape index (κ2) is 1.58. The minimum absolute atomic E-state index is 0.227. The summed E-state index contributed by atoms with van der Waals surface area (Å²) >= 11 is 0. The van der Waals surface area contributed by atoms with E-state index in [0.29, 0.717) is 0 Å². The van der Waals surface area contributed by atoms with Crippen molar-refractivity contribution in [2.24, 2.45) is 0 Å². The van der Waals surface area contributed by atoms with Gasteiger partial charge in [-0.1, -0.05) is 24.3 Å². The Bertz CT molecular complexity index is 230. The maximum Gasteiger partial charge on any atom is 0.0830 e. The van der Waals surface area contributed by atoms with Crippen LogP contribution in [-0.4, -0.2) is 5.11 Å². The average molecular weight is 120 g/mol. The zero-order chi connectivity index (χ0) is 6.27. The van der Waals surface area contributed by atoms with Crippen molar-refractivity contribution >= 4 is 0 Å². The van der Waals surface area contributed by atoms with Crippen LogP contribution >= 0.6 is 0 Å². The molecule has 1 atom stereocenters. The molecular weight excluding hydrogens is 112 g/mol. The second-order valence-electron chi connectivity index (χ2n) is 2.46. The van der Waals surface area contributed by atoms with Gasteiger partial charge in [-0.15, -0.1) is 0 Å². The van der Waals surface area contributed by atoms with E-state index in [2.05, 4.69) is 0 Å². The molecule has 0 saturated heterocycles. The lowest BCUT2D eigenvalue weighted by Gasteiger charge is -1.96. The highest BCUT2D eigenvalue weighted by molar-refractivity contribution is 5.32. The molecule has 2 bridgehead atoms. The van der Waals surface area contributed by atoms with Gasteiger partial charge in [0.1, 0.15) is 0 Å². The Labute approximate surface area is 53.9 Å². The van der Waals surface area contributed by atoms with Crippen molar-refractivity contribution in [1.29, 1.82) is 0 Å². The van der Waals surface area contributed by atoms with E-state index < -0.39 is 0 Å². The molecule has 1 aromatic rings. The normalized spacial score (nSPS) is 22.6. The van der Waals surface area contributed by atoms with Gasteiger partial charge in [0, 0.05) is 6.42 Å². The molecule has 9 heavy (non-hydrogen) atoms. The molecule has 1 aliphatic carbocycles. The van der Waals surface area contributed by atoms with E-state index in [-0.39, 0.29) is 6.10 Å². The largest absolute Gasteiger partial charge is 0.388 e. The van der Waals surface area contributed by atoms with E-state index in [0.717, 1.165) is 12.0 Å². The van der Waals surface area contributed by atoms with Crippen molar-refractivity contribution in [3.63, 3.8) is 0 Å². The third kappa shape index (κ3) is 0.653. The van der Waals surface area contributed by atoms with Gasteiger partial charge in [-0.25, -0.2) is 0 Å². The molecular formula is C8H8O. The lowest BCUT2D eigenvalue weighted by atomic mass is 10.2. The van der Waals surface area contributed by atoms with Crippen molar-refractivity contribution in [2.75, 3.05) is 0 Å². The van der Waals surface area contributed by atoms with Gasteiger partial charge in [-0.05, 0) is 11.1 Å². The first-order valence-electron chi connectivity index (χ1n) is 3.13. The molecule has 1 heteroatoms. The van der Waals surface area contributed by atoms with Gasteiger partial charge in [-0.2, -0.15) is 0 Å². The number of aliphatic hydroxyl groups is 1. The fourth-order valence-corrected chi connectivity index (χ4v) is 1.27. The molecule has 1 N–H and O–H groups in total. The Morgan fingerprint density at radius 3 is 3.00 bits per heavy atom. The Hall–Kier alpha value is -0.820. The first-order chi connectivity index (χ1) is 4.36. The van der Waals surface area contributed by atoms with Crippen LogP contribution in [0.15, 0.2) is 24.3 Å². The fourth-order valence-electron chi connectivity index (χ4n) is 1.27. The minimum atomic E-state index is -0.227. The van der Waals surface area contributed by atoms with Gasteiger partial charge >= 0.3 is 0 Å². The topological polar surface area (TPSA) is 20.2 Å². The van der Waals surface area contributed by atoms with E-state index in [1.54, 1.807) is 0 Å². The molecule has 0 amide bonds. The Morgan fingerprint density at radius 2 is 2.33 bits per heavy atom. The van der Waals surface area contributed by atoms with Crippen LogP contribution in [0.1, 0.15) is 17.2 Å². The molecule has 1 aliphatic rings. The van der Waals surface area contributed by atoms with E-state index in [9.17, 15) is 5.11 Å². The summed E-state index contributed by atoms with van der Waals surface area (Å²) in [5, 5.41) is 9.24. The van der Waals surface area contributed by atoms with E-state index >= 15 is 0 Å². The highest BCUT2D eigenvalue weighted by atomic mass is 16.3. The standard InChI is InChI=1S/C8H8O/c9-8-5-6-2-1-3-7(8)4-6/h1-4,8-9H,5H2/t8-/m0/s1. The first kappa shape index (κ1) is 5.00. The number of rotatable bonds is 0. The number of benzene rings is 1. The van der Waals surface area contributed by atoms with Crippen LogP contribution in [0, 0.1) is 0 Å². The summed E-state index contributed by atoms with van der Waals surface area (Å²) in [6.45, 7) is 0. The van der Waals surface area contributed by atoms with Crippen molar-refractivity contribution in [1.82, 2.24) is 0 Å². The highest BCUT2D eigenvalue weighted by Gasteiger charge is 2.14. The zero-order valence-corrected chi connectivity index (χ0v) is 5.04. The summed E-state index contributed by atoms with van der Waals surface area (Å²) in [7, 11) is 0. The van der Waals surface area contributed by atoms with Gasteiger partial charge in [0.25, 0.3) is 0 Å². The molecule has 1 aromatic carbocycles. The molecule has 0 aromatic heterocycles. The van der Waals surface area contributed by atoms with E-state index in [1.165, 1.54) is 5.56 Å². The summed E-state index contributed by atoms with van der Waals surface area (Å²) in [5.74, 6) is 0. The van der Waals surface area contributed by atoms with Gasteiger partial charge in [0.05, 0.1) is 6.10 Å². The van der Waals surface area contributed by atoms with Gasteiger partial charge in [-0.3, -0.25) is 0 Å². The summed E-state index contributed by atoms with van der Waals surface area (Å²) in [6.07, 6.45) is 0.581. The van der Waals surface area contributed by atoms with E-state index in [1.807, 2.05) is 24.3 Å². The fraction of sp³-hybridized carbons (Fsp3) is 0.250. The van der Waals surface area contributed by atoms with Crippen molar-refractivity contribution in [3.8, 4) is 0 Å². The third-order valence-corrected chi connectivity index (χ3v) is 1.76. The Kier molecular flexibility index (Phi) is 0.878. The molecule has 46 valence electrons. The number of fused-ring (bicyclic) bond motifs is 2. The van der Waals surface area contributed by atoms with Crippen LogP contribution < -0.4 is 0 Å². The van der Waals surface area contributed by atoms with Gasteiger partial charge < -0.3 is 5.11 Å². The van der Waals surface area contributed by atoms with Crippen LogP contribution in [0.4, 0.5) is 0 Å². The summed E-state index contributed by atoms with van der Waals surface area (Å²) < 4.78 is 0. The van der Waals surface area contributed by atoms with Crippen LogP contribution in [0.25, 0.3) is 0 Å². The first-order valence-corrected chi connectivity index (χ1v) is 3.13. The molecule has 1 nitrogen and oxygen atoms in total. The number of aliphatic hydroxyl groups excluding tert-OH is 1. The van der Waals surface area contributed by atoms with E-state index in [4.69, 9.17) is 0 Å². The van der Waals surface area contributed by atoms with Crippen LogP contribution in [0.3, 0.4) is 0 Å². The van der Waals surface area contributed by atoms with Crippen LogP contribution in [0.2, 0.25) is 0 Å². The minimum Gasteiger partial charge on any atom is -0.388 e. The molecule has 0 aliphatic heterocycles. The van der Waals surface area contributed by atoms with Crippen molar-refractivity contribution < 1.29 is 5.11 Å². The van der Waals surface area contributed by atoms with Crippen LogP contribution in [0.5, 0.6) is 0 Å². The maximum atomic E-state index is 9.24. The lowest BCUT2D eigenvalue weighted by Crippen LogP contribution is -1.90. The van der Waals surface area contributed by atoms with Gasteiger partial charge in [0.15, 0.2) is 0 Å².